The van der Waals surface area contributed by atoms with Crippen LogP contribution >= 0.6 is 11.6 Å². The lowest BCUT2D eigenvalue weighted by Crippen LogP contribution is -2.62. The van der Waals surface area contributed by atoms with E-state index in [0.29, 0.717) is 0 Å². The zero-order valence-corrected chi connectivity index (χ0v) is 24.5. The van der Waals surface area contributed by atoms with E-state index >= 15 is 0 Å². The summed E-state index contributed by atoms with van der Waals surface area (Å²) in [6.45, 7) is 0. The number of hydrogen-bond donors (Lipinski definition) is 2. The zero-order chi connectivity index (χ0) is 32.4. The lowest BCUT2D eigenvalue weighted by molar-refractivity contribution is -0.132. The summed E-state index contributed by atoms with van der Waals surface area (Å²) in [6, 6.07) is 15.2. The van der Waals surface area contributed by atoms with Gasteiger partial charge in [-0.15, -0.1) is 0 Å². The smallest absolute Gasteiger partial charge is 0.251 e. The molecule has 2 atom stereocenters. The van der Waals surface area contributed by atoms with Crippen LogP contribution in [0.1, 0.15) is 61.1 Å². The monoisotopic (exact) mass is 634 g/mol. The number of nitrogens with zero attached hydrogens (tertiary/aromatic N) is 4. The molecule has 2 aliphatic rings. The number of pyridine rings is 1. The predicted molar refractivity (Wildman–Crippen MR) is 158 cm³/mol. The van der Waals surface area contributed by atoms with Gasteiger partial charge >= 0.3 is 0 Å². The van der Waals surface area contributed by atoms with E-state index in [2.05, 4.69) is 15.6 Å². The highest BCUT2D eigenvalue weighted by atomic mass is 35.5. The van der Waals surface area contributed by atoms with Crippen molar-refractivity contribution in [2.75, 3.05) is 10.2 Å². The molecule has 1 aliphatic heterocycles. The molecule has 230 valence electrons. The first-order chi connectivity index (χ1) is 21.5. The van der Waals surface area contributed by atoms with E-state index < -0.39 is 59.8 Å². The first kappa shape index (κ1) is 31.5. The van der Waals surface area contributed by atoms with E-state index in [1.54, 1.807) is 12.1 Å². The van der Waals surface area contributed by atoms with Crippen LogP contribution in [0.3, 0.4) is 0 Å². The van der Waals surface area contributed by atoms with Gasteiger partial charge in [-0.25, -0.2) is 18.2 Å². The first-order valence-corrected chi connectivity index (χ1v) is 14.5. The van der Waals surface area contributed by atoms with E-state index in [-0.39, 0.29) is 58.9 Å². The molecule has 9 nitrogen and oxygen atoms in total. The Balaban J connectivity index is 1.69. The Bertz CT molecular complexity index is 1750. The normalized spacial score (nSPS) is 20.1. The summed E-state index contributed by atoms with van der Waals surface area (Å²) in [7, 11) is 0. The fourth-order valence-electron chi connectivity index (χ4n) is 6.06. The van der Waals surface area contributed by atoms with E-state index in [4.69, 9.17) is 11.6 Å². The number of carbonyl (C=O) groups is 3. The highest BCUT2D eigenvalue weighted by Gasteiger charge is 2.60. The van der Waals surface area contributed by atoms with Crippen LogP contribution in [0, 0.1) is 28.5 Å². The van der Waals surface area contributed by atoms with Crippen LogP contribution in [0.4, 0.5) is 24.7 Å². The van der Waals surface area contributed by atoms with E-state index in [0.717, 1.165) is 17.0 Å². The van der Waals surface area contributed by atoms with Crippen LogP contribution < -0.4 is 15.5 Å². The number of halogens is 4. The largest absolute Gasteiger partial charge is 0.353 e. The minimum atomic E-state index is -2.86. The van der Waals surface area contributed by atoms with Gasteiger partial charge in [0.25, 0.3) is 5.91 Å². The number of amides is 3. The molecule has 1 saturated heterocycles. The van der Waals surface area contributed by atoms with Gasteiger partial charge in [0, 0.05) is 42.2 Å². The Labute approximate surface area is 261 Å². The number of aromatic nitrogens is 1. The Morgan fingerprint density at radius 2 is 1.73 bits per heavy atom. The molecule has 45 heavy (non-hydrogen) atoms. The van der Waals surface area contributed by atoms with Gasteiger partial charge in [0.1, 0.15) is 17.2 Å². The van der Waals surface area contributed by atoms with Crippen molar-refractivity contribution >= 4 is 40.8 Å². The molecule has 1 saturated carbocycles. The third kappa shape index (κ3) is 6.33. The molecule has 1 unspecified atom stereocenters. The highest BCUT2D eigenvalue weighted by Crippen LogP contribution is 2.47. The van der Waals surface area contributed by atoms with Gasteiger partial charge in [0.05, 0.1) is 29.2 Å². The number of rotatable bonds is 7. The Kier molecular flexibility index (Phi) is 8.80. The SMILES string of the molecule is N#Cc1cc(F)cc(NC(=O)C2([C@@H](C(=O)NC3CCC(F)(F)CC3)c3ccccc3Cl)CCC(=O)N2c2cc(C#N)ccn2)c1. The van der Waals surface area contributed by atoms with Gasteiger partial charge in [0.15, 0.2) is 0 Å². The quantitative estimate of drug-likeness (QED) is 0.347. The molecule has 0 radical (unpaired) electrons. The number of nitriles is 2. The average molecular weight is 635 g/mol. The second kappa shape index (κ2) is 12.6. The minimum Gasteiger partial charge on any atom is -0.353 e. The van der Waals surface area contributed by atoms with Crippen LogP contribution in [-0.4, -0.2) is 40.2 Å². The molecule has 3 aromatic rings. The van der Waals surface area contributed by atoms with Gasteiger partial charge in [-0.05, 0) is 61.2 Å². The van der Waals surface area contributed by atoms with Crippen molar-refractivity contribution in [2.24, 2.45) is 0 Å². The maximum absolute atomic E-state index is 14.6. The van der Waals surface area contributed by atoms with Gasteiger partial charge in [-0.1, -0.05) is 29.8 Å². The molecule has 2 N–H and O–H groups in total. The van der Waals surface area contributed by atoms with Crippen LogP contribution in [0.2, 0.25) is 5.02 Å². The maximum atomic E-state index is 14.6. The van der Waals surface area contributed by atoms with Gasteiger partial charge in [-0.3, -0.25) is 19.3 Å². The highest BCUT2D eigenvalue weighted by molar-refractivity contribution is 6.32. The molecule has 3 amide bonds. The van der Waals surface area contributed by atoms with Crippen LogP contribution in [0.15, 0.2) is 60.8 Å². The van der Waals surface area contributed by atoms with Gasteiger partial charge in [-0.2, -0.15) is 10.5 Å². The summed E-state index contributed by atoms with van der Waals surface area (Å²) >= 11 is 6.63. The van der Waals surface area contributed by atoms with E-state index in [1.165, 1.54) is 36.5 Å². The third-order valence-electron chi connectivity index (χ3n) is 8.17. The predicted octanol–water partition coefficient (Wildman–Crippen LogP) is 5.60. The summed E-state index contributed by atoms with van der Waals surface area (Å²) in [5, 5.41) is 24.4. The van der Waals surface area contributed by atoms with Gasteiger partial charge < -0.3 is 10.6 Å². The number of nitrogens with one attached hydrogen (secondary N) is 2. The molecule has 2 aromatic carbocycles. The number of benzene rings is 2. The standard InChI is InChI=1S/C32H26ClF3N6O3/c33-25-4-2-1-3-24(25)28(29(44)40-22-5-9-31(35,36)10-6-22)32(30(45)41-23-14-20(18-38)13-21(34)16-23)11-7-27(43)42(32)26-15-19(17-37)8-12-39-26/h1-4,8,12-16,22,28H,5-7,9-11H2,(H,40,44)(H,41,45)/t28-,32?/m1/s1. The second-order valence-electron chi connectivity index (χ2n) is 11.1. The van der Waals surface area contributed by atoms with Crippen LogP contribution in [0.5, 0.6) is 0 Å². The molecule has 13 heteroatoms. The molecule has 5 rings (SSSR count). The van der Waals surface area contributed by atoms with Crippen molar-refractivity contribution in [3.05, 3.63) is 88.3 Å². The lowest BCUT2D eigenvalue weighted by Gasteiger charge is -2.42. The van der Waals surface area contributed by atoms with Gasteiger partial charge in [0.2, 0.25) is 17.7 Å². The van der Waals surface area contributed by atoms with E-state index in [9.17, 15) is 38.1 Å². The average Bonchev–Trinajstić information content (AvgIpc) is 3.36. The Hall–Kier alpha value is -4.94. The first-order valence-electron chi connectivity index (χ1n) is 14.1. The Morgan fingerprint density at radius 1 is 1.02 bits per heavy atom. The van der Waals surface area contributed by atoms with Crippen LogP contribution in [0.25, 0.3) is 0 Å². The lowest BCUT2D eigenvalue weighted by atomic mass is 9.75. The second-order valence-corrected chi connectivity index (χ2v) is 11.5. The summed E-state index contributed by atoms with van der Waals surface area (Å²) in [5.74, 6) is -7.53. The summed E-state index contributed by atoms with van der Waals surface area (Å²) in [6.07, 6.45) is -0.0669. The number of anilines is 2. The van der Waals surface area contributed by atoms with Crippen molar-refractivity contribution in [2.45, 2.75) is 61.9 Å². The van der Waals surface area contributed by atoms with Crippen molar-refractivity contribution in [1.29, 1.82) is 10.5 Å². The molecule has 1 aliphatic carbocycles. The molecule has 2 heterocycles. The molecular weight excluding hydrogens is 609 g/mol. The zero-order valence-electron chi connectivity index (χ0n) is 23.7. The topological polar surface area (TPSA) is 139 Å². The summed E-state index contributed by atoms with van der Waals surface area (Å²) < 4.78 is 42.3. The molecule has 0 bridgehead atoms. The van der Waals surface area contributed by atoms with Crippen molar-refractivity contribution in [3.63, 3.8) is 0 Å². The van der Waals surface area contributed by atoms with Crippen LogP contribution in [-0.2, 0) is 14.4 Å². The molecule has 1 aromatic heterocycles. The number of hydrogen-bond acceptors (Lipinski definition) is 6. The van der Waals surface area contributed by atoms with E-state index in [1.807, 2.05) is 12.1 Å². The number of alkyl halides is 2. The third-order valence-corrected chi connectivity index (χ3v) is 8.51. The minimum absolute atomic E-state index is 0.0121. The molecule has 2 fully saturated rings. The van der Waals surface area contributed by atoms with Crippen molar-refractivity contribution < 1.29 is 27.6 Å². The molecule has 0 spiro atoms. The summed E-state index contributed by atoms with van der Waals surface area (Å²) in [4.78, 5) is 48.0. The summed E-state index contributed by atoms with van der Waals surface area (Å²) in [5.41, 5.74) is -2.00. The Morgan fingerprint density at radius 3 is 2.42 bits per heavy atom. The molecular formula is C32H26ClF3N6O3. The fraction of sp³-hybridized carbons (Fsp3) is 0.312. The van der Waals surface area contributed by atoms with Crippen molar-refractivity contribution in [1.82, 2.24) is 10.3 Å². The van der Waals surface area contributed by atoms with Crippen molar-refractivity contribution in [3.8, 4) is 12.1 Å². The maximum Gasteiger partial charge on any atom is 0.251 e. The number of carbonyl (C=O) groups excluding carboxylic acids is 3. The fourth-order valence-corrected chi connectivity index (χ4v) is 6.31.